The van der Waals surface area contributed by atoms with Crippen molar-refractivity contribution >= 4 is 81.2 Å². The van der Waals surface area contributed by atoms with E-state index in [2.05, 4.69) is 10.6 Å². The second-order valence-corrected chi connectivity index (χ2v) is 10.8. The Morgan fingerprint density at radius 2 is 0.821 bits per heavy atom. The highest BCUT2D eigenvalue weighted by atomic mass is 32.2. The van der Waals surface area contributed by atoms with Gasteiger partial charge >= 0.3 is 0 Å². The van der Waals surface area contributed by atoms with Crippen LogP contribution in [-0.2, 0) is 9.59 Å². The van der Waals surface area contributed by atoms with Crippen molar-refractivity contribution < 1.29 is 29.3 Å². The molecule has 2 rings (SSSR count). The van der Waals surface area contributed by atoms with Crippen molar-refractivity contribution in [2.24, 2.45) is 0 Å². The SMILES string of the molecule is O=C(CSCCSCCSCC(=O)Nc1cc([N+](=O)[O-])cc([N+](=O)[O-])c1)Nc1cc([N+](=O)[O-])cc([N+](=O)[O-])c1. The summed E-state index contributed by atoms with van der Waals surface area (Å²) < 4.78 is 0. The van der Waals surface area contributed by atoms with Gasteiger partial charge in [-0.2, -0.15) is 35.3 Å². The molecule has 208 valence electrons. The maximum Gasteiger partial charge on any atom is 0.278 e. The average molecular weight is 601 g/mol. The van der Waals surface area contributed by atoms with Crippen molar-refractivity contribution in [1.29, 1.82) is 0 Å². The van der Waals surface area contributed by atoms with Crippen LogP contribution in [0, 0.1) is 40.5 Å². The number of hydrogen-bond donors (Lipinski definition) is 2. The smallest absolute Gasteiger partial charge is 0.278 e. The summed E-state index contributed by atoms with van der Waals surface area (Å²) in [6.07, 6.45) is 0. The zero-order valence-corrected chi connectivity index (χ0v) is 22.3. The zero-order chi connectivity index (χ0) is 28.9. The third-order valence-electron chi connectivity index (χ3n) is 4.43. The lowest BCUT2D eigenvalue weighted by molar-refractivity contribution is -0.394. The Hall–Kier alpha value is -3.97. The highest BCUT2D eigenvalue weighted by Crippen LogP contribution is 2.27. The van der Waals surface area contributed by atoms with Crippen molar-refractivity contribution in [2.45, 2.75) is 0 Å². The first-order valence-electron chi connectivity index (χ1n) is 10.7. The molecule has 0 heterocycles. The molecular weight excluding hydrogens is 580 g/mol. The molecule has 0 unspecified atom stereocenters. The largest absolute Gasteiger partial charge is 0.325 e. The number of hydrogen-bond acceptors (Lipinski definition) is 13. The van der Waals surface area contributed by atoms with Crippen molar-refractivity contribution in [3.63, 3.8) is 0 Å². The van der Waals surface area contributed by atoms with Gasteiger partial charge in [0.1, 0.15) is 0 Å². The van der Waals surface area contributed by atoms with Gasteiger partial charge in [-0.1, -0.05) is 0 Å². The molecule has 2 N–H and O–H groups in total. The van der Waals surface area contributed by atoms with Crippen LogP contribution in [0.15, 0.2) is 36.4 Å². The first kappa shape index (κ1) is 31.2. The number of nitro benzene ring substituents is 4. The number of carbonyl (C=O) groups is 2. The minimum atomic E-state index is -0.787. The number of nitrogens with one attached hydrogen (secondary N) is 2. The second kappa shape index (κ2) is 15.4. The first-order chi connectivity index (χ1) is 18.5. The summed E-state index contributed by atoms with van der Waals surface area (Å²) in [6.45, 7) is 0. The summed E-state index contributed by atoms with van der Waals surface area (Å²) in [4.78, 5) is 64.7. The van der Waals surface area contributed by atoms with Gasteiger partial charge in [-0.05, 0) is 0 Å². The number of nitro groups is 4. The number of carbonyl (C=O) groups excluding carboxylic acids is 2. The van der Waals surface area contributed by atoms with Crippen LogP contribution in [0.25, 0.3) is 0 Å². The number of nitrogens with zero attached hydrogens (tertiary/aromatic N) is 4. The van der Waals surface area contributed by atoms with E-state index >= 15 is 0 Å². The fourth-order valence-electron chi connectivity index (χ4n) is 2.82. The molecule has 0 aliphatic rings. The average Bonchev–Trinajstić information content (AvgIpc) is 2.87. The lowest BCUT2D eigenvalue weighted by Gasteiger charge is -2.06. The Kier molecular flexibility index (Phi) is 12.4. The highest BCUT2D eigenvalue weighted by Gasteiger charge is 2.18. The normalized spacial score (nSPS) is 10.5. The lowest BCUT2D eigenvalue weighted by atomic mass is 10.2. The fourth-order valence-corrected chi connectivity index (χ4v) is 5.71. The number of anilines is 2. The minimum absolute atomic E-state index is 0.0411. The van der Waals surface area contributed by atoms with Crippen molar-refractivity contribution in [3.8, 4) is 0 Å². The number of benzene rings is 2. The molecule has 0 saturated carbocycles. The Morgan fingerprint density at radius 1 is 0.538 bits per heavy atom. The molecule has 0 fully saturated rings. The van der Waals surface area contributed by atoms with E-state index in [4.69, 9.17) is 0 Å². The second-order valence-electron chi connectivity index (χ2n) is 7.32. The number of amides is 2. The van der Waals surface area contributed by atoms with Crippen molar-refractivity contribution in [1.82, 2.24) is 0 Å². The summed E-state index contributed by atoms with van der Waals surface area (Å²) in [6, 6.07) is 5.76. The van der Waals surface area contributed by atoms with Crippen LogP contribution >= 0.6 is 35.3 Å². The van der Waals surface area contributed by atoms with Crippen LogP contribution in [0.1, 0.15) is 0 Å². The molecule has 0 atom stereocenters. The predicted octanol–water partition coefficient (Wildman–Crippen LogP) is 4.10. The van der Waals surface area contributed by atoms with E-state index in [1.54, 1.807) is 11.8 Å². The van der Waals surface area contributed by atoms with Crippen LogP contribution in [0.3, 0.4) is 0 Å². The molecule has 2 aromatic carbocycles. The molecule has 0 spiro atoms. The van der Waals surface area contributed by atoms with Gasteiger partial charge in [0, 0.05) is 47.3 Å². The van der Waals surface area contributed by atoms with Crippen LogP contribution < -0.4 is 10.6 Å². The van der Waals surface area contributed by atoms with E-state index in [1.807, 2.05) is 0 Å². The van der Waals surface area contributed by atoms with Crippen LogP contribution in [0.5, 0.6) is 0 Å². The summed E-state index contributed by atoms with van der Waals surface area (Å²) in [5.74, 6) is 1.79. The van der Waals surface area contributed by atoms with Gasteiger partial charge in [-0.15, -0.1) is 0 Å². The molecule has 39 heavy (non-hydrogen) atoms. The van der Waals surface area contributed by atoms with Crippen LogP contribution in [0.4, 0.5) is 34.1 Å². The monoisotopic (exact) mass is 600 g/mol. The van der Waals surface area contributed by atoms with Gasteiger partial charge in [0.15, 0.2) is 0 Å². The maximum atomic E-state index is 12.1. The Labute approximate surface area is 232 Å². The molecule has 19 heteroatoms. The quantitative estimate of drug-likeness (QED) is 0.157. The Bertz CT molecular complexity index is 1120. The predicted molar refractivity (Wildman–Crippen MR) is 149 cm³/mol. The summed E-state index contributed by atoms with van der Waals surface area (Å²) >= 11 is 4.20. The van der Waals surface area contributed by atoms with Gasteiger partial charge in [0.2, 0.25) is 11.8 Å². The third kappa shape index (κ3) is 11.1. The topological polar surface area (TPSA) is 231 Å². The van der Waals surface area contributed by atoms with E-state index < -0.39 is 54.3 Å². The third-order valence-corrected chi connectivity index (χ3v) is 7.85. The standard InChI is InChI=1S/C20H20N6O10S3/c27-19(21-13-5-15(23(29)30)9-16(6-13)24(31)32)11-38-3-1-37-2-4-39-12-20(28)22-14-7-17(25(33)34)10-18(8-14)26(35)36/h5-10H,1-4,11-12H2,(H,21,27)(H,22,28). The molecule has 0 bridgehead atoms. The molecule has 0 aliphatic heterocycles. The molecule has 0 radical (unpaired) electrons. The molecule has 2 aromatic rings. The molecular formula is C20H20N6O10S3. The minimum Gasteiger partial charge on any atom is -0.325 e. The van der Waals surface area contributed by atoms with Gasteiger partial charge in [0.05, 0.1) is 54.7 Å². The summed E-state index contributed by atoms with van der Waals surface area (Å²) in [7, 11) is 0. The highest BCUT2D eigenvalue weighted by molar-refractivity contribution is 8.04. The van der Waals surface area contributed by atoms with E-state index in [1.165, 1.54) is 23.5 Å². The first-order valence-corrected chi connectivity index (χ1v) is 14.1. The molecule has 16 nitrogen and oxygen atoms in total. The molecule has 2 amide bonds. The van der Waals surface area contributed by atoms with Crippen LogP contribution in [-0.4, -0.2) is 66.0 Å². The zero-order valence-electron chi connectivity index (χ0n) is 19.8. The molecule has 0 saturated heterocycles. The lowest BCUT2D eigenvalue weighted by Crippen LogP contribution is -2.15. The Morgan fingerprint density at radius 3 is 1.10 bits per heavy atom. The van der Waals surface area contributed by atoms with Gasteiger partial charge in [-0.3, -0.25) is 50.0 Å². The van der Waals surface area contributed by atoms with E-state index in [0.29, 0.717) is 23.0 Å². The number of thioether (sulfide) groups is 3. The molecule has 0 aromatic heterocycles. The van der Waals surface area contributed by atoms with E-state index in [9.17, 15) is 50.0 Å². The molecule has 0 aliphatic carbocycles. The maximum absolute atomic E-state index is 12.1. The van der Waals surface area contributed by atoms with Gasteiger partial charge in [0.25, 0.3) is 22.7 Å². The number of rotatable bonds is 16. The van der Waals surface area contributed by atoms with E-state index in [-0.39, 0.29) is 22.9 Å². The van der Waals surface area contributed by atoms with Gasteiger partial charge < -0.3 is 10.6 Å². The van der Waals surface area contributed by atoms with Crippen molar-refractivity contribution in [3.05, 3.63) is 76.9 Å². The van der Waals surface area contributed by atoms with Crippen LogP contribution in [0.2, 0.25) is 0 Å². The van der Waals surface area contributed by atoms with Crippen molar-refractivity contribution in [2.75, 3.05) is 45.2 Å². The van der Waals surface area contributed by atoms with E-state index in [0.717, 1.165) is 36.4 Å². The Balaban J connectivity index is 1.62. The summed E-state index contributed by atoms with van der Waals surface area (Å²) in [5.41, 5.74) is -2.11. The summed E-state index contributed by atoms with van der Waals surface area (Å²) in [5, 5.41) is 48.5. The number of non-ortho nitro benzene ring substituents is 4. The van der Waals surface area contributed by atoms with Gasteiger partial charge in [-0.25, -0.2) is 0 Å². The fraction of sp³-hybridized carbons (Fsp3) is 0.300.